The van der Waals surface area contributed by atoms with Gasteiger partial charge in [-0.15, -0.1) is 10.2 Å². The molecule has 166 valence electrons. The summed E-state index contributed by atoms with van der Waals surface area (Å²) < 4.78 is 11.2. The van der Waals surface area contributed by atoms with E-state index in [0.717, 1.165) is 16.3 Å². The van der Waals surface area contributed by atoms with Gasteiger partial charge in [-0.25, -0.2) is 0 Å². The van der Waals surface area contributed by atoms with Crippen molar-refractivity contribution in [1.29, 1.82) is 0 Å². The molecule has 2 amide bonds. The van der Waals surface area contributed by atoms with E-state index in [4.69, 9.17) is 9.47 Å². The molecule has 0 aliphatic carbocycles. The average Bonchev–Trinajstić information content (AvgIpc) is 3.50. The quantitative estimate of drug-likeness (QED) is 0.305. The topological polar surface area (TPSA) is 102 Å². The molecule has 0 radical (unpaired) electrons. The van der Waals surface area contributed by atoms with Gasteiger partial charge in [-0.3, -0.25) is 14.9 Å². The van der Waals surface area contributed by atoms with Crippen LogP contribution in [0.15, 0.2) is 65.0 Å². The summed E-state index contributed by atoms with van der Waals surface area (Å²) in [6, 6.07) is 18.9. The molecular formula is C23H18N4O4S2. The number of carbonyl (C=O) groups excluding carboxylic acids is 2. The molecule has 33 heavy (non-hydrogen) atoms. The van der Waals surface area contributed by atoms with E-state index in [-0.39, 0.29) is 24.4 Å². The summed E-state index contributed by atoms with van der Waals surface area (Å²) in [5.41, 5.74) is 1.47. The maximum atomic E-state index is 12.6. The van der Waals surface area contributed by atoms with Crippen LogP contribution >= 0.6 is 23.1 Å². The number of anilines is 1. The fourth-order valence-corrected chi connectivity index (χ4v) is 4.83. The highest BCUT2D eigenvalue weighted by molar-refractivity contribution is 8.01. The Labute approximate surface area is 197 Å². The number of hydrogen-bond acceptors (Lipinski definition) is 8. The number of amides is 2. The largest absolute Gasteiger partial charge is 0.454 e. The molecule has 5 rings (SSSR count). The Morgan fingerprint density at radius 1 is 0.970 bits per heavy atom. The Morgan fingerprint density at radius 3 is 2.73 bits per heavy atom. The molecule has 8 nitrogen and oxygen atoms in total. The molecule has 0 saturated carbocycles. The van der Waals surface area contributed by atoms with E-state index in [1.165, 1.54) is 23.1 Å². The number of thioether (sulfide) groups is 1. The number of nitrogens with one attached hydrogen (secondary N) is 2. The summed E-state index contributed by atoms with van der Waals surface area (Å²) in [6.45, 7) is 0.605. The second kappa shape index (κ2) is 9.47. The van der Waals surface area contributed by atoms with Crippen LogP contribution in [0, 0.1) is 0 Å². The highest BCUT2D eigenvalue weighted by Crippen LogP contribution is 2.32. The third-order valence-electron chi connectivity index (χ3n) is 4.89. The minimum Gasteiger partial charge on any atom is -0.454 e. The first-order chi connectivity index (χ1) is 16.1. The van der Waals surface area contributed by atoms with Crippen LogP contribution in [0.3, 0.4) is 0 Å². The van der Waals surface area contributed by atoms with Gasteiger partial charge in [0.1, 0.15) is 0 Å². The molecule has 10 heteroatoms. The minimum absolute atomic E-state index is 0.130. The lowest BCUT2D eigenvalue weighted by Gasteiger charge is -2.05. The number of ether oxygens (including phenoxy) is 2. The van der Waals surface area contributed by atoms with Crippen molar-refractivity contribution in [2.75, 3.05) is 17.9 Å². The van der Waals surface area contributed by atoms with E-state index in [1.54, 1.807) is 6.07 Å². The summed E-state index contributed by atoms with van der Waals surface area (Å²) in [7, 11) is 0. The number of aromatic nitrogens is 2. The third-order valence-corrected chi connectivity index (χ3v) is 6.86. The summed E-state index contributed by atoms with van der Waals surface area (Å²) in [6.07, 6.45) is 0. The summed E-state index contributed by atoms with van der Waals surface area (Å²) in [5.74, 6) is 1.20. The van der Waals surface area contributed by atoms with E-state index < -0.39 is 0 Å². The molecule has 1 aliphatic heterocycles. The first-order valence-corrected chi connectivity index (χ1v) is 11.9. The zero-order valence-corrected chi connectivity index (χ0v) is 18.9. The van der Waals surface area contributed by atoms with Crippen LogP contribution in [-0.2, 0) is 11.3 Å². The van der Waals surface area contributed by atoms with Gasteiger partial charge in [-0.1, -0.05) is 59.5 Å². The number of benzene rings is 3. The van der Waals surface area contributed by atoms with Gasteiger partial charge in [0, 0.05) is 12.1 Å². The van der Waals surface area contributed by atoms with E-state index in [9.17, 15) is 9.59 Å². The van der Waals surface area contributed by atoms with Crippen molar-refractivity contribution < 1.29 is 19.1 Å². The van der Waals surface area contributed by atoms with Crippen LogP contribution in [0.4, 0.5) is 5.13 Å². The van der Waals surface area contributed by atoms with Gasteiger partial charge in [0.2, 0.25) is 17.8 Å². The Hall–Kier alpha value is -3.63. The first-order valence-electron chi connectivity index (χ1n) is 10.1. The lowest BCUT2D eigenvalue weighted by atomic mass is 10.1. The molecule has 1 aliphatic rings. The van der Waals surface area contributed by atoms with Crippen LogP contribution in [-0.4, -0.2) is 34.6 Å². The summed E-state index contributed by atoms with van der Waals surface area (Å²) in [4.78, 5) is 24.8. The maximum absolute atomic E-state index is 12.6. The Bertz CT molecular complexity index is 1340. The summed E-state index contributed by atoms with van der Waals surface area (Å²) >= 11 is 2.49. The highest BCUT2D eigenvalue weighted by Gasteiger charge is 2.15. The van der Waals surface area contributed by atoms with Crippen molar-refractivity contribution in [3.63, 3.8) is 0 Å². The van der Waals surface area contributed by atoms with Crippen molar-refractivity contribution in [2.24, 2.45) is 0 Å². The number of fused-ring (bicyclic) bond motifs is 2. The van der Waals surface area contributed by atoms with Crippen molar-refractivity contribution in [1.82, 2.24) is 15.5 Å². The van der Waals surface area contributed by atoms with Crippen molar-refractivity contribution in [2.45, 2.75) is 10.9 Å². The fraction of sp³-hybridized carbons (Fsp3) is 0.130. The van der Waals surface area contributed by atoms with Crippen molar-refractivity contribution in [3.05, 3.63) is 71.8 Å². The molecule has 0 spiro atoms. The van der Waals surface area contributed by atoms with Crippen molar-refractivity contribution >= 4 is 50.8 Å². The number of carbonyl (C=O) groups is 2. The van der Waals surface area contributed by atoms with Gasteiger partial charge in [0.25, 0.3) is 5.91 Å². The highest BCUT2D eigenvalue weighted by atomic mass is 32.2. The standard InChI is InChI=1S/C23H18N4O4S2/c28-20(24-11-14-5-8-18-19(9-14)31-13-30-18)12-32-23-27-26-22(33-23)25-21(29)17-7-6-15-3-1-2-4-16(15)10-17/h1-10H,11-13H2,(H,24,28)(H,25,26,29). The van der Waals surface area contributed by atoms with Gasteiger partial charge in [-0.2, -0.15) is 0 Å². The molecule has 1 aromatic heterocycles. The van der Waals surface area contributed by atoms with Crippen LogP contribution in [0.25, 0.3) is 10.8 Å². The second-order valence-corrected chi connectivity index (χ2v) is 9.34. The molecule has 0 unspecified atom stereocenters. The van der Waals surface area contributed by atoms with Crippen LogP contribution in [0.5, 0.6) is 11.5 Å². The van der Waals surface area contributed by atoms with Gasteiger partial charge in [-0.05, 0) is 40.6 Å². The number of nitrogens with zero attached hydrogens (tertiary/aromatic N) is 2. The SMILES string of the molecule is O=C(CSc1nnc(NC(=O)c2ccc3ccccc3c2)s1)NCc1ccc2c(c1)OCO2. The smallest absolute Gasteiger partial charge is 0.257 e. The normalized spacial score (nSPS) is 12.0. The fourth-order valence-electron chi connectivity index (χ4n) is 3.25. The zero-order valence-electron chi connectivity index (χ0n) is 17.2. The van der Waals surface area contributed by atoms with E-state index in [0.29, 0.717) is 33.1 Å². The molecule has 4 aromatic rings. The zero-order chi connectivity index (χ0) is 22.6. The lowest BCUT2D eigenvalue weighted by Crippen LogP contribution is -2.24. The Balaban J connectivity index is 1.11. The van der Waals surface area contributed by atoms with Crippen LogP contribution in [0.1, 0.15) is 15.9 Å². The molecule has 0 atom stereocenters. The van der Waals surface area contributed by atoms with Gasteiger partial charge < -0.3 is 14.8 Å². The minimum atomic E-state index is -0.255. The van der Waals surface area contributed by atoms with Crippen LogP contribution < -0.4 is 20.1 Å². The molecule has 0 fully saturated rings. The van der Waals surface area contributed by atoms with E-state index in [2.05, 4.69) is 20.8 Å². The summed E-state index contributed by atoms with van der Waals surface area (Å²) in [5, 5.41) is 16.1. The van der Waals surface area contributed by atoms with Gasteiger partial charge in [0.15, 0.2) is 15.8 Å². The van der Waals surface area contributed by atoms with E-state index >= 15 is 0 Å². The Morgan fingerprint density at radius 2 is 1.82 bits per heavy atom. The molecule has 2 heterocycles. The predicted octanol–water partition coefficient (Wildman–Crippen LogP) is 4.08. The maximum Gasteiger partial charge on any atom is 0.257 e. The van der Waals surface area contributed by atoms with E-state index in [1.807, 2.05) is 54.6 Å². The van der Waals surface area contributed by atoms with Gasteiger partial charge >= 0.3 is 0 Å². The lowest BCUT2D eigenvalue weighted by molar-refractivity contribution is -0.118. The third kappa shape index (κ3) is 5.07. The molecule has 3 aromatic carbocycles. The van der Waals surface area contributed by atoms with Crippen molar-refractivity contribution in [3.8, 4) is 11.5 Å². The predicted molar refractivity (Wildman–Crippen MR) is 127 cm³/mol. The van der Waals surface area contributed by atoms with Crippen LogP contribution in [0.2, 0.25) is 0 Å². The number of hydrogen-bond donors (Lipinski definition) is 2. The molecule has 2 N–H and O–H groups in total. The Kier molecular flexibility index (Phi) is 6.09. The molecule has 0 bridgehead atoms. The molecule has 0 saturated heterocycles. The monoisotopic (exact) mass is 478 g/mol. The second-order valence-electron chi connectivity index (χ2n) is 7.14. The van der Waals surface area contributed by atoms with Gasteiger partial charge in [0.05, 0.1) is 5.75 Å². The molecular weight excluding hydrogens is 460 g/mol. The number of rotatable bonds is 7. The average molecular weight is 479 g/mol. The first kappa shape index (κ1) is 21.2.